The van der Waals surface area contributed by atoms with Crippen molar-refractivity contribution in [2.24, 2.45) is 5.92 Å². The smallest absolute Gasteiger partial charge is 0.330 e. The molecular weight excluding hydrogens is 412 g/mol. The van der Waals surface area contributed by atoms with Gasteiger partial charge in [0.15, 0.2) is 5.69 Å². The van der Waals surface area contributed by atoms with Crippen molar-refractivity contribution in [3.63, 3.8) is 0 Å². The van der Waals surface area contributed by atoms with Crippen LogP contribution in [0.4, 0.5) is 11.5 Å². The van der Waals surface area contributed by atoms with E-state index in [9.17, 15) is 14.4 Å². The summed E-state index contributed by atoms with van der Waals surface area (Å²) in [7, 11) is 1.56. The van der Waals surface area contributed by atoms with Crippen LogP contribution in [0.2, 0.25) is 0 Å². The number of nitrogens with two attached hydrogens (primary N) is 1. The second-order valence-corrected chi connectivity index (χ2v) is 8.10. The van der Waals surface area contributed by atoms with E-state index in [0.29, 0.717) is 25.6 Å². The molecule has 0 aliphatic rings. The molecule has 0 saturated heterocycles. The number of anilines is 2. The number of H-pyrrole nitrogens is 1. The van der Waals surface area contributed by atoms with E-state index in [2.05, 4.69) is 18.8 Å². The number of aromatic nitrogens is 2. The van der Waals surface area contributed by atoms with Crippen molar-refractivity contribution in [3.8, 4) is 0 Å². The van der Waals surface area contributed by atoms with Crippen LogP contribution in [0, 0.1) is 5.92 Å². The normalized spacial score (nSPS) is 12.2. The summed E-state index contributed by atoms with van der Waals surface area (Å²) in [6, 6.07) is 9.26. The Morgan fingerprint density at radius 1 is 1.16 bits per heavy atom. The zero-order chi connectivity index (χ0) is 23.7. The number of benzene rings is 1. The van der Waals surface area contributed by atoms with Gasteiger partial charge in [0.05, 0.1) is 6.54 Å². The van der Waals surface area contributed by atoms with Crippen LogP contribution in [-0.4, -0.2) is 48.4 Å². The van der Waals surface area contributed by atoms with E-state index in [1.807, 2.05) is 30.3 Å². The number of ether oxygens (including phenoxy) is 2. The van der Waals surface area contributed by atoms with Crippen LogP contribution in [0.3, 0.4) is 0 Å². The fourth-order valence-electron chi connectivity index (χ4n) is 3.23. The Labute approximate surface area is 188 Å². The Morgan fingerprint density at radius 2 is 1.84 bits per heavy atom. The summed E-state index contributed by atoms with van der Waals surface area (Å²) >= 11 is 0. The number of carbonyl (C=O) groups is 1. The summed E-state index contributed by atoms with van der Waals surface area (Å²) in [5.41, 5.74) is 5.73. The van der Waals surface area contributed by atoms with Gasteiger partial charge in [0.1, 0.15) is 11.9 Å². The third-order valence-electron chi connectivity index (χ3n) is 5.07. The van der Waals surface area contributed by atoms with Gasteiger partial charge in [-0.15, -0.1) is 0 Å². The minimum atomic E-state index is -0.774. The molecule has 32 heavy (non-hydrogen) atoms. The van der Waals surface area contributed by atoms with Gasteiger partial charge in [0.25, 0.3) is 11.5 Å². The van der Waals surface area contributed by atoms with E-state index >= 15 is 0 Å². The summed E-state index contributed by atoms with van der Waals surface area (Å²) in [5.74, 6) is -0.0233. The van der Waals surface area contributed by atoms with Crippen LogP contribution in [-0.2, 0) is 20.8 Å². The molecule has 9 nitrogen and oxygen atoms in total. The van der Waals surface area contributed by atoms with Crippen molar-refractivity contribution in [1.29, 1.82) is 0 Å². The maximum absolute atomic E-state index is 13.2. The second kappa shape index (κ2) is 12.2. The van der Waals surface area contributed by atoms with Gasteiger partial charge in [-0.05, 0) is 31.2 Å². The lowest BCUT2D eigenvalue weighted by Gasteiger charge is -2.27. The van der Waals surface area contributed by atoms with Crippen molar-refractivity contribution in [2.45, 2.75) is 46.3 Å². The SMILES string of the molecule is COCCCN(C(=O)C(C)OCCC(C)C)c1c(N)n(Cc2ccccc2)c(=O)[nH]c1=O. The molecule has 2 aromatic rings. The molecule has 1 aromatic carbocycles. The lowest BCUT2D eigenvalue weighted by atomic mass is 10.1. The van der Waals surface area contributed by atoms with Gasteiger partial charge in [-0.3, -0.25) is 19.1 Å². The number of rotatable bonds is 12. The fourth-order valence-corrected chi connectivity index (χ4v) is 3.23. The van der Waals surface area contributed by atoms with Gasteiger partial charge in [0, 0.05) is 26.9 Å². The van der Waals surface area contributed by atoms with Gasteiger partial charge in [-0.1, -0.05) is 44.2 Å². The van der Waals surface area contributed by atoms with E-state index in [1.54, 1.807) is 14.0 Å². The fraction of sp³-hybridized carbons (Fsp3) is 0.522. The van der Waals surface area contributed by atoms with E-state index in [-0.39, 0.29) is 24.6 Å². The lowest BCUT2D eigenvalue weighted by molar-refractivity contribution is -0.129. The molecule has 0 fully saturated rings. The number of nitrogens with zero attached hydrogens (tertiary/aromatic N) is 2. The highest BCUT2D eigenvalue weighted by molar-refractivity contribution is 5.98. The van der Waals surface area contributed by atoms with Gasteiger partial charge in [0.2, 0.25) is 0 Å². The first-order valence-electron chi connectivity index (χ1n) is 10.8. The third kappa shape index (κ3) is 6.80. The summed E-state index contributed by atoms with van der Waals surface area (Å²) in [5, 5.41) is 0. The van der Waals surface area contributed by atoms with E-state index < -0.39 is 23.3 Å². The van der Waals surface area contributed by atoms with Crippen LogP contribution < -0.4 is 21.9 Å². The molecule has 1 amide bonds. The molecule has 2 rings (SSSR count). The number of hydrogen-bond acceptors (Lipinski definition) is 6. The molecule has 176 valence electrons. The molecule has 3 N–H and O–H groups in total. The molecular formula is C23H34N4O5. The van der Waals surface area contributed by atoms with Gasteiger partial charge < -0.3 is 20.1 Å². The average Bonchev–Trinajstić information content (AvgIpc) is 2.75. The molecule has 0 bridgehead atoms. The van der Waals surface area contributed by atoms with Crippen molar-refractivity contribution in [2.75, 3.05) is 37.5 Å². The Morgan fingerprint density at radius 3 is 2.47 bits per heavy atom. The van der Waals surface area contributed by atoms with Crippen LogP contribution >= 0.6 is 0 Å². The molecule has 0 saturated carbocycles. The molecule has 0 radical (unpaired) electrons. The van der Waals surface area contributed by atoms with Crippen molar-refractivity contribution in [1.82, 2.24) is 9.55 Å². The highest BCUT2D eigenvalue weighted by atomic mass is 16.5. The van der Waals surface area contributed by atoms with Crippen LogP contribution in [0.5, 0.6) is 0 Å². The van der Waals surface area contributed by atoms with Crippen molar-refractivity contribution in [3.05, 3.63) is 56.7 Å². The third-order valence-corrected chi connectivity index (χ3v) is 5.07. The zero-order valence-electron chi connectivity index (χ0n) is 19.3. The van der Waals surface area contributed by atoms with Gasteiger partial charge >= 0.3 is 5.69 Å². The van der Waals surface area contributed by atoms with Crippen LogP contribution in [0.15, 0.2) is 39.9 Å². The summed E-state index contributed by atoms with van der Waals surface area (Å²) in [6.07, 6.45) is 0.522. The molecule has 1 heterocycles. The molecule has 0 spiro atoms. The second-order valence-electron chi connectivity index (χ2n) is 8.10. The standard InChI is InChI=1S/C23H34N4O5/c1-16(2)11-14-32-17(3)22(29)26(12-8-13-31-4)19-20(24)27(23(30)25-21(19)28)15-18-9-6-5-7-10-18/h5-7,9-10,16-17H,8,11-15,24H2,1-4H3,(H,25,28,30). The predicted octanol–water partition coefficient (Wildman–Crippen LogP) is 1.99. The Kier molecular flexibility index (Phi) is 9.67. The zero-order valence-corrected chi connectivity index (χ0v) is 19.3. The number of nitrogen functional groups attached to an aromatic ring is 1. The summed E-state index contributed by atoms with van der Waals surface area (Å²) in [6.45, 7) is 6.98. The minimum absolute atomic E-state index is 0.0547. The van der Waals surface area contributed by atoms with Crippen LogP contribution in [0.1, 0.15) is 39.2 Å². The van der Waals surface area contributed by atoms with E-state index in [1.165, 1.54) is 9.47 Å². The Bertz CT molecular complexity index is 984. The van der Waals surface area contributed by atoms with Gasteiger partial charge in [-0.2, -0.15) is 0 Å². The molecule has 0 aliphatic carbocycles. The molecule has 1 aromatic heterocycles. The number of methoxy groups -OCH3 is 1. The maximum Gasteiger partial charge on any atom is 0.330 e. The topological polar surface area (TPSA) is 120 Å². The molecule has 1 atom stereocenters. The van der Waals surface area contributed by atoms with Crippen molar-refractivity contribution < 1.29 is 14.3 Å². The lowest BCUT2D eigenvalue weighted by Crippen LogP contribution is -2.45. The number of hydrogen-bond donors (Lipinski definition) is 2. The first-order chi connectivity index (χ1) is 15.3. The van der Waals surface area contributed by atoms with E-state index in [0.717, 1.165) is 12.0 Å². The molecule has 0 aliphatic heterocycles. The Hall–Kier alpha value is -2.91. The predicted molar refractivity (Wildman–Crippen MR) is 125 cm³/mol. The highest BCUT2D eigenvalue weighted by Crippen LogP contribution is 2.20. The van der Waals surface area contributed by atoms with Crippen molar-refractivity contribution >= 4 is 17.4 Å². The first kappa shape index (κ1) is 25.4. The summed E-state index contributed by atoms with van der Waals surface area (Å²) < 4.78 is 12.1. The van der Waals surface area contributed by atoms with Gasteiger partial charge in [-0.25, -0.2) is 4.79 Å². The first-order valence-corrected chi connectivity index (χ1v) is 10.8. The monoisotopic (exact) mass is 446 g/mol. The summed E-state index contributed by atoms with van der Waals surface area (Å²) in [4.78, 5) is 42.1. The Balaban J connectivity index is 2.41. The number of aromatic amines is 1. The molecule has 1 unspecified atom stereocenters. The van der Waals surface area contributed by atoms with E-state index in [4.69, 9.17) is 15.2 Å². The average molecular weight is 447 g/mol. The maximum atomic E-state index is 13.2. The highest BCUT2D eigenvalue weighted by Gasteiger charge is 2.28. The van der Waals surface area contributed by atoms with Crippen LogP contribution in [0.25, 0.3) is 0 Å². The quantitative estimate of drug-likeness (QED) is 0.481. The largest absolute Gasteiger partial charge is 0.385 e. The number of nitrogens with one attached hydrogen (secondary N) is 1. The molecule has 9 heteroatoms. The number of amides is 1. The minimum Gasteiger partial charge on any atom is -0.385 e. The number of carbonyl (C=O) groups excluding carboxylic acids is 1.